The molecule has 0 aliphatic carbocycles. The number of aromatic nitrogens is 2. The molecule has 1 atom stereocenters. The highest BCUT2D eigenvalue weighted by molar-refractivity contribution is 5.94. The van der Waals surface area contributed by atoms with Crippen LogP contribution < -0.4 is 9.47 Å². The van der Waals surface area contributed by atoms with E-state index < -0.39 is 24.2 Å². The van der Waals surface area contributed by atoms with Gasteiger partial charge in [-0.05, 0) is 48.5 Å². The normalized spacial score (nSPS) is 16.5. The molecule has 0 N–H and O–H groups in total. The second kappa shape index (κ2) is 8.88. The number of amides is 1. The van der Waals surface area contributed by atoms with E-state index in [2.05, 4.69) is 19.4 Å². The molecular weight excluding hydrogens is 472 g/mol. The summed E-state index contributed by atoms with van der Waals surface area (Å²) in [6, 6.07) is 10.6. The molecule has 2 heterocycles. The second-order valence-corrected chi connectivity index (χ2v) is 7.30. The van der Waals surface area contributed by atoms with Gasteiger partial charge in [0.1, 0.15) is 17.6 Å². The van der Waals surface area contributed by atoms with E-state index in [0.29, 0.717) is 24.3 Å². The fourth-order valence-corrected chi connectivity index (χ4v) is 3.32. The molecule has 180 valence electrons. The van der Waals surface area contributed by atoms with Crippen LogP contribution in [-0.4, -0.2) is 46.5 Å². The number of benzene rings is 2. The first-order chi connectivity index (χ1) is 16.0. The van der Waals surface area contributed by atoms with Crippen LogP contribution in [-0.2, 0) is 6.18 Å². The molecule has 7 nitrogen and oxygen atoms in total. The Morgan fingerprint density at radius 3 is 2.21 bits per heavy atom. The van der Waals surface area contributed by atoms with Crippen molar-refractivity contribution in [2.24, 2.45) is 0 Å². The van der Waals surface area contributed by atoms with E-state index in [4.69, 9.17) is 4.74 Å². The van der Waals surface area contributed by atoms with E-state index in [1.54, 1.807) is 0 Å². The lowest BCUT2D eigenvalue weighted by Crippen LogP contribution is -2.30. The largest absolute Gasteiger partial charge is 0.573 e. The Hall–Kier alpha value is -3.77. The van der Waals surface area contributed by atoms with E-state index in [1.807, 2.05) is 0 Å². The quantitative estimate of drug-likeness (QED) is 0.474. The van der Waals surface area contributed by atoms with Gasteiger partial charge in [-0.1, -0.05) is 5.16 Å². The summed E-state index contributed by atoms with van der Waals surface area (Å²) in [6.45, 7) is 0.632. The summed E-state index contributed by atoms with van der Waals surface area (Å²) in [4.78, 5) is 17.4. The summed E-state index contributed by atoms with van der Waals surface area (Å²) in [6.07, 6.45) is -9.38. The highest BCUT2D eigenvalue weighted by Crippen LogP contribution is 2.30. The van der Waals surface area contributed by atoms with Crippen LogP contribution in [0.4, 0.5) is 26.3 Å². The Labute approximate surface area is 187 Å². The average molecular weight is 487 g/mol. The van der Waals surface area contributed by atoms with Crippen LogP contribution >= 0.6 is 0 Å². The number of carbonyl (C=O) groups excluding carboxylic acids is 1. The number of hydrogen-bond donors (Lipinski definition) is 0. The smallest absolute Gasteiger partial charge is 0.489 e. The fourth-order valence-electron chi connectivity index (χ4n) is 3.32. The van der Waals surface area contributed by atoms with Crippen LogP contribution in [0.2, 0.25) is 0 Å². The van der Waals surface area contributed by atoms with Gasteiger partial charge in [0, 0.05) is 24.1 Å². The predicted octanol–water partition coefficient (Wildman–Crippen LogP) is 4.95. The number of alkyl halides is 6. The van der Waals surface area contributed by atoms with Gasteiger partial charge in [0.25, 0.3) is 5.91 Å². The predicted molar refractivity (Wildman–Crippen MR) is 103 cm³/mol. The van der Waals surface area contributed by atoms with Crippen LogP contribution in [0.25, 0.3) is 11.4 Å². The lowest BCUT2D eigenvalue weighted by molar-refractivity contribution is -0.274. The lowest BCUT2D eigenvalue weighted by Gasteiger charge is -2.18. The van der Waals surface area contributed by atoms with Crippen LogP contribution in [0.3, 0.4) is 0 Å². The first kappa shape index (κ1) is 23.4. The van der Waals surface area contributed by atoms with E-state index in [-0.39, 0.29) is 29.9 Å². The molecule has 4 rings (SSSR count). The molecule has 2 aromatic carbocycles. The highest BCUT2D eigenvalue weighted by Gasteiger charge is 2.38. The van der Waals surface area contributed by atoms with E-state index in [9.17, 15) is 31.1 Å². The fraction of sp³-hybridized carbons (Fsp3) is 0.286. The van der Waals surface area contributed by atoms with Gasteiger partial charge in [-0.2, -0.15) is 18.2 Å². The lowest BCUT2D eigenvalue weighted by atomic mass is 10.2. The Bertz CT molecular complexity index is 1140. The maximum absolute atomic E-state index is 12.6. The number of hydrogen-bond acceptors (Lipinski definition) is 6. The van der Waals surface area contributed by atoms with Gasteiger partial charge < -0.3 is 18.9 Å². The van der Waals surface area contributed by atoms with Crippen molar-refractivity contribution in [2.45, 2.75) is 25.1 Å². The molecule has 1 fully saturated rings. The monoisotopic (exact) mass is 487 g/mol. The molecule has 1 aromatic heterocycles. The SMILES string of the molecule is O=C(c1ccc(OC(F)(F)F)cc1)N1CC[C@@H](Oc2ccc(-c3noc(C(F)(F)F)n3)cc2)C1. The minimum atomic E-state index is -4.82. The maximum atomic E-state index is 12.6. The van der Waals surface area contributed by atoms with Crippen LogP contribution in [0.5, 0.6) is 11.5 Å². The molecule has 0 unspecified atom stereocenters. The number of rotatable bonds is 5. The van der Waals surface area contributed by atoms with Gasteiger partial charge in [0.15, 0.2) is 0 Å². The van der Waals surface area contributed by atoms with Crippen LogP contribution in [0.1, 0.15) is 22.7 Å². The van der Waals surface area contributed by atoms with Crippen molar-refractivity contribution in [2.75, 3.05) is 13.1 Å². The van der Waals surface area contributed by atoms with Gasteiger partial charge in [-0.25, -0.2) is 0 Å². The molecule has 1 aliphatic heterocycles. The molecule has 0 radical (unpaired) electrons. The Kier molecular flexibility index (Phi) is 6.11. The number of nitrogens with zero attached hydrogens (tertiary/aromatic N) is 3. The molecule has 1 amide bonds. The van der Waals surface area contributed by atoms with Crippen molar-refractivity contribution in [3.63, 3.8) is 0 Å². The summed E-state index contributed by atoms with van der Waals surface area (Å²) in [5.41, 5.74) is 0.505. The molecule has 0 spiro atoms. The molecule has 13 heteroatoms. The Morgan fingerprint density at radius 2 is 1.62 bits per heavy atom. The number of ether oxygens (including phenoxy) is 2. The third kappa shape index (κ3) is 5.58. The first-order valence-electron chi connectivity index (χ1n) is 9.81. The average Bonchev–Trinajstić information content (AvgIpc) is 3.43. The van der Waals surface area contributed by atoms with Gasteiger partial charge in [-0.3, -0.25) is 4.79 Å². The summed E-state index contributed by atoms with van der Waals surface area (Å²) in [7, 11) is 0. The number of likely N-dealkylation sites (tertiary alicyclic amines) is 1. The minimum Gasteiger partial charge on any atom is -0.489 e. The molecule has 3 aromatic rings. The first-order valence-corrected chi connectivity index (χ1v) is 9.81. The van der Waals surface area contributed by atoms with Gasteiger partial charge in [0.05, 0.1) is 6.54 Å². The Balaban J connectivity index is 1.33. The van der Waals surface area contributed by atoms with Crippen molar-refractivity contribution in [3.8, 4) is 22.9 Å². The zero-order valence-electron chi connectivity index (χ0n) is 17.1. The van der Waals surface area contributed by atoms with Crippen molar-refractivity contribution < 1.29 is 45.1 Å². The zero-order valence-corrected chi connectivity index (χ0v) is 17.1. The van der Waals surface area contributed by atoms with Crippen molar-refractivity contribution in [3.05, 3.63) is 60.0 Å². The van der Waals surface area contributed by atoms with Crippen molar-refractivity contribution in [1.29, 1.82) is 0 Å². The van der Waals surface area contributed by atoms with Crippen LogP contribution in [0, 0.1) is 0 Å². The molecule has 1 saturated heterocycles. The zero-order chi connectivity index (χ0) is 24.5. The maximum Gasteiger partial charge on any atom is 0.573 e. The summed E-state index contributed by atoms with van der Waals surface area (Å²) >= 11 is 0. The molecule has 0 bridgehead atoms. The van der Waals surface area contributed by atoms with Gasteiger partial charge >= 0.3 is 18.4 Å². The number of carbonyl (C=O) groups is 1. The Morgan fingerprint density at radius 1 is 0.971 bits per heavy atom. The standard InChI is InChI=1S/C21H15F6N3O4/c22-20(23,24)19-28-17(29-34-19)12-1-5-14(6-2-12)32-16-9-10-30(11-16)18(31)13-3-7-15(8-4-13)33-21(25,26)27/h1-8,16H,9-11H2/t16-/m1/s1. The van der Waals surface area contributed by atoms with E-state index in [1.165, 1.54) is 41.3 Å². The minimum absolute atomic E-state index is 0.206. The second-order valence-electron chi connectivity index (χ2n) is 7.30. The van der Waals surface area contributed by atoms with Gasteiger partial charge in [0.2, 0.25) is 5.82 Å². The third-order valence-electron chi connectivity index (χ3n) is 4.85. The number of halogens is 6. The van der Waals surface area contributed by atoms with E-state index >= 15 is 0 Å². The summed E-state index contributed by atoms with van der Waals surface area (Å²) < 4.78 is 88.4. The highest BCUT2D eigenvalue weighted by atomic mass is 19.4. The van der Waals surface area contributed by atoms with E-state index in [0.717, 1.165) is 12.1 Å². The van der Waals surface area contributed by atoms with Gasteiger partial charge in [-0.15, -0.1) is 13.2 Å². The van der Waals surface area contributed by atoms with Crippen LogP contribution in [0.15, 0.2) is 53.1 Å². The topological polar surface area (TPSA) is 77.7 Å². The molecule has 0 saturated carbocycles. The molecular formula is C21H15F6N3O4. The van der Waals surface area contributed by atoms with Crippen molar-refractivity contribution in [1.82, 2.24) is 15.0 Å². The summed E-state index contributed by atoms with van der Waals surface area (Å²) in [5.74, 6) is -2.02. The van der Waals surface area contributed by atoms with Crippen molar-refractivity contribution >= 4 is 5.91 Å². The molecule has 1 aliphatic rings. The summed E-state index contributed by atoms with van der Waals surface area (Å²) in [5, 5.41) is 3.31. The third-order valence-corrected chi connectivity index (χ3v) is 4.85. The molecule has 34 heavy (non-hydrogen) atoms.